The molecule has 5 heteroatoms. The Labute approximate surface area is 101 Å². The van der Waals surface area contributed by atoms with Gasteiger partial charge in [-0.05, 0) is 25.0 Å². The first-order valence-corrected chi connectivity index (χ1v) is 5.94. The highest BCUT2D eigenvalue weighted by atomic mass is 16.5. The zero-order chi connectivity index (χ0) is 12.1. The van der Waals surface area contributed by atoms with E-state index in [-0.39, 0.29) is 5.97 Å². The highest BCUT2D eigenvalue weighted by Gasteiger charge is 2.20. The second-order valence-corrected chi connectivity index (χ2v) is 4.22. The molecule has 0 aromatic carbocycles. The molecule has 2 rings (SSSR count). The molecular weight excluding hydrogens is 218 g/mol. The number of ether oxygens (including phenoxy) is 1. The Morgan fingerprint density at radius 2 is 2.29 bits per heavy atom. The van der Waals surface area contributed by atoms with Crippen LogP contribution < -0.4 is 5.32 Å². The van der Waals surface area contributed by atoms with Crippen molar-refractivity contribution in [2.75, 3.05) is 19.0 Å². The Kier molecular flexibility index (Phi) is 3.90. The van der Waals surface area contributed by atoms with E-state index in [0.29, 0.717) is 24.7 Å². The van der Waals surface area contributed by atoms with Crippen molar-refractivity contribution in [3.63, 3.8) is 0 Å². The average molecular weight is 235 g/mol. The van der Waals surface area contributed by atoms with Crippen molar-refractivity contribution in [2.45, 2.75) is 31.6 Å². The summed E-state index contributed by atoms with van der Waals surface area (Å²) in [4.78, 5) is 10.9. The van der Waals surface area contributed by atoms with Gasteiger partial charge in [-0.3, -0.25) is 4.79 Å². The van der Waals surface area contributed by atoms with Gasteiger partial charge in [0.15, 0.2) is 0 Å². The molecule has 0 spiro atoms. The second-order valence-electron chi connectivity index (χ2n) is 4.22. The Morgan fingerprint density at radius 3 is 2.82 bits per heavy atom. The highest BCUT2D eigenvalue weighted by Crippen LogP contribution is 2.34. The highest BCUT2D eigenvalue weighted by molar-refractivity contribution is 5.69. The van der Waals surface area contributed by atoms with Crippen LogP contribution in [0.1, 0.15) is 37.3 Å². The number of hydrogen-bond donors (Lipinski definition) is 1. The van der Waals surface area contributed by atoms with Crippen LogP contribution in [0.5, 0.6) is 0 Å². The van der Waals surface area contributed by atoms with Gasteiger partial charge in [0.1, 0.15) is 5.82 Å². The zero-order valence-corrected chi connectivity index (χ0v) is 9.98. The van der Waals surface area contributed by atoms with Crippen molar-refractivity contribution in [3.8, 4) is 0 Å². The van der Waals surface area contributed by atoms with Gasteiger partial charge in [0.05, 0.1) is 19.2 Å². The van der Waals surface area contributed by atoms with E-state index < -0.39 is 0 Å². The lowest BCUT2D eigenvalue weighted by molar-refractivity contribution is -0.140. The quantitative estimate of drug-likeness (QED) is 0.787. The van der Waals surface area contributed by atoms with E-state index in [0.717, 1.165) is 5.69 Å². The number of nitrogens with one attached hydrogen (secondary N) is 1. The van der Waals surface area contributed by atoms with Crippen LogP contribution in [0.2, 0.25) is 0 Å². The summed E-state index contributed by atoms with van der Waals surface area (Å²) in [5.74, 6) is 1.08. The predicted octanol–water partition coefficient (Wildman–Crippen LogP) is 1.72. The van der Waals surface area contributed by atoms with Crippen molar-refractivity contribution in [2.24, 2.45) is 0 Å². The Morgan fingerprint density at radius 1 is 1.47 bits per heavy atom. The fraction of sp³-hybridized carbons (Fsp3) is 0.583. The molecule has 0 saturated heterocycles. The largest absolute Gasteiger partial charge is 0.469 e. The maximum Gasteiger partial charge on any atom is 0.307 e. The van der Waals surface area contributed by atoms with Crippen LogP contribution in [0.3, 0.4) is 0 Å². The first kappa shape index (κ1) is 11.8. The third-order valence-electron chi connectivity index (χ3n) is 3.07. The number of nitrogens with zero attached hydrogens (tertiary/aromatic N) is 2. The molecule has 1 saturated carbocycles. The van der Waals surface area contributed by atoms with Gasteiger partial charge < -0.3 is 10.1 Å². The first-order chi connectivity index (χ1) is 8.29. The van der Waals surface area contributed by atoms with Crippen molar-refractivity contribution in [3.05, 3.63) is 17.8 Å². The molecule has 1 N–H and O–H groups in total. The first-order valence-electron chi connectivity index (χ1n) is 5.94. The fourth-order valence-corrected chi connectivity index (χ4v) is 1.75. The minimum absolute atomic E-state index is 0.225. The lowest BCUT2D eigenvalue weighted by atomic mass is 9.83. The molecular formula is C12H17N3O2. The molecule has 1 aromatic heterocycles. The number of anilines is 1. The van der Waals surface area contributed by atoms with Crippen molar-refractivity contribution in [1.29, 1.82) is 0 Å². The SMILES string of the molecule is COC(=O)CCNc1ccc(C2CCC2)nn1. The number of carbonyl (C=O) groups excluding carboxylic acids is 1. The van der Waals surface area contributed by atoms with Gasteiger partial charge in [0.25, 0.3) is 0 Å². The van der Waals surface area contributed by atoms with E-state index in [2.05, 4.69) is 20.3 Å². The summed E-state index contributed by atoms with van der Waals surface area (Å²) in [5, 5.41) is 11.3. The van der Waals surface area contributed by atoms with Gasteiger partial charge in [0.2, 0.25) is 0 Å². The number of aromatic nitrogens is 2. The van der Waals surface area contributed by atoms with Crippen LogP contribution in [0.4, 0.5) is 5.82 Å². The molecule has 5 nitrogen and oxygen atoms in total. The molecule has 1 aliphatic carbocycles. The van der Waals surface area contributed by atoms with Crippen LogP contribution in [-0.2, 0) is 9.53 Å². The summed E-state index contributed by atoms with van der Waals surface area (Å²) in [6.07, 6.45) is 4.08. The maximum absolute atomic E-state index is 10.9. The van der Waals surface area contributed by atoms with Crippen molar-refractivity contribution >= 4 is 11.8 Å². The van der Waals surface area contributed by atoms with Crippen LogP contribution in [0.15, 0.2) is 12.1 Å². The molecule has 92 valence electrons. The van der Waals surface area contributed by atoms with Gasteiger partial charge >= 0.3 is 5.97 Å². The molecule has 1 aromatic rings. The minimum atomic E-state index is -0.225. The topological polar surface area (TPSA) is 64.1 Å². The molecule has 0 unspecified atom stereocenters. The summed E-state index contributed by atoms with van der Waals surface area (Å²) in [5.41, 5.74) is 1.08. The Hall–Kier alpha value is -1.65. The molecule has 0 atom stereocenters. The van der Waals surface area contributed by atoms with Crippen LogP contribution >= 0.6 is 0 Å². The molecule has 1 aliphatic rings. The predicted molar refractivity (Wildman–Crippen MR) is 63.7 cm³/mol. The Bertz CT molecular complexity index is 374. The fourth-order valence-electron chi connectivity index (χ4n) is 1.75. The number of hydrogen-bond acceptors (Lipinski definition) is 5. The maximum atomic E-state index is 10.9. The Balaban J connectivity index is 1.79. The van der Waals surface area contributed by atoms with E-state index in [1.165, 1.54) is 26.4 Å². The standard InChI is InChI=1S/C12H17N3O2/c1-17-12(16)7-8-13-11-6-5-10(14-15-11)9-3-2-4-9/h5-6,9H,2-4,7-8H2,1H3,(H,13,15). The van der Waals surface area contributed by atoms with Gasteiger partial charge in [0, 0.05) is 12.5 Å². The monoisotopic (exact) mass is 235 g/mol. The number of rotatable bonds is 5. The third kappa shape index (κ3) is 3.15. The van der Waals surface area contributed by atoms with Gasteiger partial charge in [-0.25, -0.2) is 0 Å². The average Bonchev–Trinajstić information content (AvgIpc) is 2.29. The molecule has 0 radical (unpaired) electrons. The van der Waals surface area contributed by atoms with E-state index >= 15 is 0 Å². The lowest BCUT2D eigenvalue weighted by Gasteiger charge is -2.24. The van der Waals surface area contributed by atoms with Crippen LogP contribution in [-0.4, -0.2) is 29.8 Å². The van der Waals surface area contributed by atoms with Crippen molar-refractivity contribution in [1.82, 2.24) is 10.2 Å². The molecule has 0 bridgehead atoms. The van der Waals surface area contributed by atoms with E-state index in [9.17, 15) is 4.79 Å². The lowest BCUT2D eigenvalue weighted by Crippen LogP contribution is -2.13. The van der Waals surface area contributed by atoms with Gasteiger partial charge in [-0.2, -0.15) is 5.10 Å². The van der Waals surface area contributed by atoms with Crippen LogP contribution in [0.25, 0.3) is 0 Å². The summed E-state index contributed by atoms with van der Waals surface area (Å²) < 4.78 is 4.55. The van der Waals surface area contributed by atoms with E-state index in [1.54, 1.807) is 0 Å². The van der Waals surface area contributed by atoms with Crippen molar-refractivity contribution < 1.29 is 9.53 Å². The normalized spacial score (nSPS) is 15.1. The van der Waals surface area contributed by atoms with Gasteiger partial charge in [-0.15, -0.1) is 5.10 Å². The molecule has 1 fully saturated rings. The molecule has 0 aliphatic heterocycles. The summed E-state index contributed by atoms with van der Waals surface area (Å²) in [6.45, 7) is 0.518. The molecule has 0 amide bonds. The number of methoxy groups -OCH3 is 1. The van der Waals surface area contributed by atoms with Gasteiger partial charge in [-0.1, -0.05) is 6.42 Å². The van der Waals surface area contributed by atoms with Crippen LogP contribution in [0, 0.1) is 0 Å². The number of carbonyl (C=O) groups is 1. The second kappa shape index (κ2) is 5.61. The van der Waals surface area contributed by atoms with E-state index in [1.807, 2.05) is 12.1 Å². The molecule has 1 heterocycles. The molecule has 17 heavy (non-hydrogen) atoms. The van der Waals surface area contributed by atoms with E-state index in [4.69, 9.17) is 0 Å². The summed E-state index contributed by atoms with van der Waals surface area (Å²) in [6, 6.07) is 3.93. The summed E-state index contributed by atoms with van der Waals surface area (Å²) in [7, 11) is 1.38. The zero-order valence-electron chi connectivity index (χ0n) is 9.98. The smallest absolute Gasteiger partial charge is 0.307 e. The number of esters is 1. The minimum Gasteiger partial charge on any atom is -0.469 e. The third-order valence-corrected chi connectivity index (χ3v) is 3.07. The summed E-state index contributed by atoms with van der Waals surface area (Å²) >= 11 is 0.